The molecule has 0 spiro atoms. The minimum atomic E-state index is -9.25. The molecule has 0 saturated carbocycles. The van der Waals surface area contributed by atoms with E-state index in [-0.39, 0.29) is 6.92 Å². The van der Waals surface area contributed by atoms with Gasteiger partial charge in [0.05, 0.1) is 0 Å². The van der Waals surface area contributed by atoms with Crippen LogP contribution in [-0.2, 0) is 25.1 Å². The fourth-order valence-electron chi connectivity index (χ4n) is 2.87. The summed E-state index contributed by atoms with van der Waals surface area (Å²) in [6.45, 7) is 2.66. The van der Waals surface area contributed by atoms with Gasteiger partial charge in [0.2, 0.25) is 11.6 Å². The second-order valence-electron chi connectivity index (χ2n) is 9.42. The molecule has 1 aromatic rings. The Bertz CT molecular complexity index is 1610. The highest BCUT2D eigenvalue weighted by Gasteiger charge is 2.94. The summed E-state index contributed by atoms with van der Waals surface area (Å²) >= 11 is 0. The monoisotopic (exact) mass is 846 g/mol. The van der Waals surface area contributed by atoms with Crippen molar-refractivity contribution in [2.75, 3.05) is 0 Å². The van der Waals surface area contributed by atoms with Crippen molar-refractivity contribution in [3.63, 3.8) is 0 Å². The van der Waals surface area contributed by atoms with Crippen molar-refractivity contribution in [3.05, 3.63) is 58.6 Å². The van der Waals surface area contributed by atoms with Crippen LogP contribution in [0, 0.1) is 29.1 Å². The van der Waals surface area contributed by atoms with Gasteiger partial charge >= 0.3 is 72.0 Å². The lowest BCUT2D eigenvalue weighted by Gasteiger charge is -2.41. The first-order valence-electron chi connectivity index (χ1n) is 11.6. The number of hydrogen-bond acceptors (Lipinski definition) is 4. The van der Waals surface area contributed by atoms with Crippen molar-refractivity contribution in [2.24, 2.45) is 0 Å². The molecule has 31 heteroatoms. The van der Waals surface area contributed by atoms with Crippen LogP contribution < -0.4 is 0 Å². The molecule has 0 saturated heterocycles. The molecule has 0 N–H and O–H groups in total. The molecular formula is C22H5F27O4. The summed E-state index contributed by atoms with van der Waals surface area (Å²) in [5.74, 6) is -80.7. The summed E-state index contributed by atoms with van der Waals surface area (Å²) in [6, 6.07) is -12.8. The first-order valence-corrected chi connectivity index (χ1v) is 11.6. The Hall–Kier alpha value is -3.96. The number of carbonyl (C=O) groups is 1. The molecule has 1 aromatic carbocycles. The van der Waals surface area contributed by atoms with E-state index in [1.165, 1.54) is 0 Å². The Balaban J connectivity index is 4.08. The van der Waals surface area contributed by atoms with E-state index < -0.39 is 118 Å². The third kappa shape index (κ3) is 7.19. The molecule has 0 heterocycles. The van der Waals surface area contributed by atoms with Gasteiger partial charge in [0, 0.05) is 5.57 Å². The molecule has 1 unspecified atom stereocenters. The number of allylic oxidation sites excluding steroid dienone is 1. The summed E-state index contributed by atoms with van der Waals surface area (Å²) in [4.78, 5) is 11.3. The molecule has 1 atom stereocenters. The van der Waals surface area contributed by atoms with Crippen molar-refractivity contribution >= 4 is 5.97 Å². The predicted octanol–water partition coefficient (Wildman–Crippen LogP) is 10.3. The van der Waals surface area contributed by atoms with Gasteiger partial charge in [-0.25, -0.2) is 31.5 Å². The second kappa shape index (κ2) is 13.4. The quantitative estimate of drug-likeness (QED) is 0.0356. The predicted molar refractivity (Wildman–Crippen MR) is 107 cm³/mol. The molecule has 0 aliphatic heterocycles. The lowest BCUT2D eigenvalue weighted by atomic mass is 9.91. The topological polar surface area (TPSA) is 44.8 Å². The number of halogens is 27. The Kier molecular flexibility index (Phi) is 11.9. The molecule has 53 heavy (non-hydrogen) atoms. The third-order valence-electron chi connectivity index (χ3n) is 5.67. The summed E-state index contributed by atoms with van der Waals surface area (Å²) in [5.41, 5.74) is -5.48. The van der Waals surface area contributed by atoms with E-state index in [0.717, 1.165) is 0 Å². The van der Waals surface area contributed by atoms with Crippen molar-refractivity contribution in [1.29, 1.82) is 0 Å². The maximum absolute atomic E-state index is 15.1. The van der Waals surface area contributed by atoms with E-state index in [1.807, 2.05) is 0 Å². The zero-order chi connectivity index (χ0) is 42.9. The fourth-order valence-corrected chi connectivity index (χ4v) is 2.87. The van der Waals surface area contributed by atoms with Gasteiger partial charge in [-0.2, -0.15) is 96.6 Å². The van der Waals surface area contributed by atoms with E-state index in [9.17, 15) is 119 Å². The van der Waals surface area contributed by atoms with Crippen LogP contribution in [-0.4, -0.2) is 59.8 Å². The Labute approximate surface area is 270 Å². The lowest BCUT2D eigenvalue weighted by Crippen LogP contribution is -2.72. The van der Waals surface area contributed by atoms with Gasteiger partial charge in [-0.3, -0.25) is 0 Å². The van der Waals surface area contributed by atoms with Gasteiger partial charge < -0.3 is 9.47 Å². The van der Waals surface area contributed by atoms with Crippen LogP contribution in [0.3, 0.4) is 0 Å². The summed E-state index contributed by atoms with van der Waals surface area (Å²) in [7, 11) is 0. The van der Waals surface area contributed by atoms with E-state index >= 15 is 4.39 Å². The fraction of sp³-hybridized carbons (Fsp3) is 0.500. The van der Waals surface area contributed by atoms with Gasteiger partial charge in [0.25, 0.3) is 0 Å². The van der Waals surface area contributed by atoms with Crippen LogP contribution in [0.1, 0.15) is 12.5 Å². The minimum Gasteiger partial charge on any atom is -0.400 e. The summed E-state index contributed by atoms with van der Waals surface area (Å²) in [5, 5.41) is 0. The van der Waals surface area contributed by atoms with Crippen LogP contribution in [0.15, 0.2) is 24.0 Å². The highest BCUT2D eigenvalue weighted by molar-refractivity contribution is 5.87. The molecule has 0 aliphatic carbocycles. The number of hydrogen-bond donors (Lipinski definition) is 0. The molecule has 0 radical (unpaired) electrons. The molecule has 306 valence electrons. The van der Waals surface area contributed by atoms with E-state index in [0.29, 0.717) is 0 Å². The highest BCUT2D eigenvalue weighted by Crippen LogP contribution is 2.63. The van der Waals surface area contributed by atoms with E-state index in [1.54, 1.807) is 0 Å². The van der Waals surface area contributed by atoms with E-state index in [4.69, 9.17) is 0 Å². The minimum absolute atomic E-state index is 0.232. The zero-order valence-corrected chi connectivity index (χ0v) is 23.5. The van der Waals surface area contributed by atoms with Crippen molar-refractivity contribution in [2.45, 2.75) is 66.9 Å². The van der Waals surface area contributed by atoms with Crippen LogP contribution >= 0.6 is 0 Å². The highest BCUT2D eigenvalue weighted by atomic mass is 19.4. The number of esters is 1. The number of ether oxygens (including phenoxy) is 3. The normalized spacial score (nSPS) is 16.2. The van der Waals surface area contributed by atoms with Gasteiger partial charge in [-0.05, 0) is 6.92 Å². The van der Waals surface area contributed by atoms with Crippen LogP contribution in [0.5, 0.6) is 0 Å². The smallest absolute Gasteiger partial charge is 0.400 e. The number of alkyl halides is 20. The third-order valence-corrected chi connectivity index (χ3v) is 5.67. The Morgan fingerprint density at radius 2 is 0.868 bits per heavy atom. The maximum atomic E-state index is 15.1. The number of benzene rings is 1. The molecule has 0 fully saturated rings. The molecule has 0 aliphatic rings. The molecular weight excluding hydrogens is 841 g/mol. The number of rotatable bonds is 14. The van der Waals surface area contributed by atoms with Crippen LogP contribution in [0.25, 0.3) is 0 Å². The standard InChI is InChI=1S/C22H5F27O4/c1-3(2)12(50)52-21(47,48)22(49,53-14(32,33)4-5(23)7(25)9(27)8(26)6(4)24)51-11(29)10(28)13(30,31)15(34,35)16(36,37)17(38,39)18(40,41)19(42,43)20(44,45)46/h1H2,2H3. The lowest BCUT2D eigenvalue weighted by molar-refractivity contribution is -0.506. The first kappa shape index (κ1) is 47.1. The summed E-state index contributed by atoms with van der Waals surface area (Å²) < 4.78 is 375. The Morgan fingerprint density at radius 1 is 0.528 bits per heavy atom. The van der Waals surface area contributed by atoms with Gasteiger partial charge in [0.15, 0.2) is 23.3 Å². The SMILES string of the molecule is C=C(C)C(=O)OC(F)(F)C(F)(OC(F)=C(F)C(F)(F)C(F)(F)C(F)(F)C(F)(F)C(F)(F)C(F)(F)C(F)(F)F)OC(F)(F)c1c(F)c(F)c(F)c(F)c1F. The van der Waals surface area contributed by atoms with Crippen molar-refractivity contribution < 1.29 is 138 Å². The van der Waals surface area contributed by atoms with E-state index in [2.05, 4.69) is 20.8 Å². The molecule has 1 rings (SSSR count). The van der Waals surface area contributed by atoms with Gasteiger partial charge in [-0.15, -0.1) is 0 Å². The summed E-state index contributed by atoms with van der Waals surface area (Å²) in [6.07, 6.45) is -22.5. The molecule has 4 nitrogen and oxygen atoms in total. The first-order chi connectivity index (χ1) is 23.0. The molecule has 0 amide bonds. The largest absolute Gasteiger partial charge is 0.505 e. The second-order valence-corrected chi connectivity index (χ2v) is 9.42. The van der Waals surface area contributed by atoms with Crippen molar-refractivity contribution in [3.8, 4) is 0 Å². The zero-order valence-electron chi connectivity index (χ0n) is 23.5. The average molecular weight is 846 g/mol. The Morgan fingerprint density at radius 3 is 1.23 bits per heavy atom. The average Bonchev–Trinajstić information content (AvgIpc) is 2.96. The maximum Gasteiger partial charge on any atom is 0.505 e. The van der Waals surface area contributed by atoms with Gasteiger partial charge in [-0.1, -0.05) is 6.58 Å². The van der Waals surface area contributed by atoms with Gasteiger partial charge in [0.1, 0.15) is 5.56 Å². The number of carbonyl (C=O) groups excluding carboxylic acids is 1. The van der Waals surface area contributed by atoms with Crippen LogP contribution in [0.4, 0.5) is 119 Å². The molecule has 0 aromatic heterocycles. The van der Waals surface area contributed by atoms with Crippen molar-refractivity contribution in [1.82, 2.24) is 0 Å². The van der Waals surface area contributed by atoms with Crippen LogP contribution in [0.2, 0.25) is 0 Å². The molecule has 0 bridgehead atoms.